The predicted molar refractivity (Wildman–Crippen MR) is 91.2 cm³/mol. The van der Waals surface area contributed by atoms with Gasteiger partial charge in [0.05, 0.1) is 23.4 Å². The fraction of sp³-hybridized carbons (Fsp3) is 0.118. The third-order valence-corrected chi connectivity index (χ3v) is 3.30. The molecule has 2 rings (SSSR count). The maximum absolute atomic E-state index is 11.5. The summed E-state index contributed by atoms with van der Waals surface area (Å²) in [6.07, 6.45) is 1.60. The van der Waals surface area contributed by atoms with Gasteiger partial charge < -0.3 is 15.2 Å². The topological polar surface area (TPSA) is 91.0 Å². The molecule has 0 atom stereocenters. The summed E-state index contributed by atoms with van der Waals surface area (Å²) in [4.78, 5) is 26.5. The number of ether oxygens (including phenoxy) is 2. The summed E-state index contributed by atoms with van der Waals surface area (Å²) in [5, 5.41) is 0.417. The van der Waals surface area contributed by atoms with E-state index in [1.807, 2.05) is 0 Å². The molecule has 0 heterocycles. The van der Waals surface area contributed by atoms with Crippen LogP contribution in [0.2, 0.25) is 5.02 Å². The van der Waals surface area contributed by atoms with Gasteiger partial charge >= 0.3 is 5.97 Å². The van der Waals surface area contributed by atoms with E-state index >= 15 is 0 Å². The summed E-state index contributed by atoms with van der Waals surface area (Å²) in [6.45, 7) is -0.177. The second-order valence-corrected chi connectivity index (χ2v) is 5.15. The van der Waals surface area contributed by atoms with E-state index < -0.39 is 11.9 Å². The average Bonchev–Trinajstić information content (AvgIpc) is 2.59. The molecule has 0 bridgehead atoms. The summed E-state index contributed by atoms with van der Waals surface area (Å²) < 4.78 is 9.83. The maximum Gasteiger partial charge on any atom is 0.337 e. The van der Waals surface area contributed by atoms with E-state index in [0.717, 1.165) is 5.56 Å². The largest absolute Gasteiger partial charge is 0.484 e. The van der Waals surface area contributed by atoms with Crippen molar-refractivity contribution in [2.24, 2.45) is 10.7 Å². The predicted octanol–water partition coefficient (Wildman–Crippen LogP) is 2.74. The Balaban J connectivity index is 2.13. The molecule has 7 heteroatoms. The Kier molecular flexibility index (Phi) is 5.92. The Morgan fingerprint density at radius 2 is 1.92 bits per heavy atom. The number of primary amides is 1. The number of methoxy groups -OCH3 is 1. The van der Waals surface area contributed by atoms with Crippen LogP contribution in [0.3, 0.4) is 0 Å². The SMILES string of the molecule is COC(=O)c1ccc(Cl)c(N=Cc2ccc(OCC(N)=O)cc2)c1. The van der Waals surface area contributed by atoms with Gasteiger partial charge in [0.25, 0.3) is 5.91 Å². The van der Waals surface area contributed by atoms with Crippen molar-refractivity contribution in [1.29, 1.82) is 0 Å². The number of hydrogen-bond donors (Lipinski definition) is 1. The molecular formula is C17H15ClN2O4. The van der Waals surface area contributed by atoms with Crippen molar-refractivity contribution in [2.75, 3.05) is 13.7 Å². The molecule has 1 amide bonds. The molecule has 2 aromatic carbocycles. The van der Waals surface area contributed by atoms with Gasteiger partial charge in [0.1, 0.15) is 5.75 Å². The molecule has 2 N–H and O–H groups in total. The first-order valence-electron chi connectivity index (χ1n) is 6.92. The van der Waals surface area contributed by atoms with E-state index in [0.29, 0.717) is 22.0 Å². The minimum Gasteiger partial charge on any atom is -0.484 e. The number of halogens is 1. The number of nitrogens with zero attached hydrogens (tertiary/aromatic N) is 1. The number of aliphatic imine (C=N–C) groups is 1. The fourth-order valence-corrected chi connectivity index (χ4v) is 1.97. The van der Waals surface area contributed by atoms with Crippen molar-refractivity contribution in [1.82, 2.24) is 0 Å². The quantitative estimate of drug-likeness (QED) is 0.643. The zero-order valence-electron chi connectivity index (χ0n) is 12.9. The number of esters is 1. The lowest BCUT2D eigenvalue weighted by molar-refractivity contribution is -0.119. The van der Waals surface area contributed by atoms with Gasteiger partial charge in [-0.15, -0.1) is 0 Å². The fourth-order valence-electron chi connectivity index (χ4n) is 1.81. The van der Waals surface area contributed by atoms with Crippen LogP contribution in [0.25, 0.3) is 0 Å². The van der Waals surface area contributed by atoms with Crippen LogP contribution in [0.15, 0.2) is 47.5 Å². The molecule has 0 unspecified atom stereocenters. The molecule has 0 saturated carbocycles. The highest BCUT2D eigenvalue weighted by Crippen LogP contribution is 2.26. The molecule has 0 saturated heterocycles. The molecule has 2 aromatic rings. The number of carbonyl (C=O) groups excluding carboxylic acids is 2. The molecule has 24 heavy (non-hydrogen) atoms. The van der Waals surface area contributed by atoms with Crippen LogP contribution in [-0.4, -0.2) is 31.8 Å². The molecule has 6 nitrogen and oxygen atoms in total. The van der Waals surface area contributed by atoms with Crippen molar-refractivity contribution in [2.45, 2.75) is 0 Å². The monoisotopic (exact) mass is 346 g/mol. The molecule has 0 aliphatic carbocycles. The molecule has 0 aliphatic rings. The minimum absolute atomic E-state index is 0.177. The van der Waals surface area contributed by atoms with Crippen LogP contribution in [-0.2, 0) is 9.53 Å². The minimum atomic E-state index is -0.541. The van der Waals surface area contributed by atoms with Crippen LogP contribution in [0.4, 0.5) is 5.69 Å². The number of carbonyl (C=O) groups is 2. The Morgan fingerprint density at radius 1 is 1.21 bits per heavy atom. The van der Waals surface area contributed by atoms with Crippen molar-refractivity contribution in [3.05, 3.63) is 58.6 Å². The summed E-state index contributed by atoms with van der Waals surface area (Å²) in [6, 6.07) is 11.6. The lowest BCUT2D eigenvalue weighted by Gasteiger charge is -2.04. The van der Waals surface area contributed by atoms with Gasteiger partial charge in [-0.05, 0) is 48.0 Å². The standard InChI is InChI=1S/C17H15ClN2O4/c1-23-17(22)12-4-7-14(18)15(8-12)20-9-11-2-5-13(6-3-11)24-10-16(19)21/h2-9H,10H2,1H3,(H2,19,21). The highest BCUT2D eigenvalue weighted by atomic mass is 35.5. The summed E-state index contributed by atoms with van der Waals surface area (Å²) >= 11 is 6.08. The van der Waals surface area contributed by atoms with Crippen LogP contribution >= 0.6 is 11.6 Å². The molecule has 0 aromatic heterocycles. The van der Waals surface area contributed by atoms with Gasteiger partial charge in [-0.3, -0.25) is 9.79 Å². The van der Waals surface area contributed by atoms with Crippen LogP contribution < -0.4 is 10.5 Å². The molecule has 0 fully saturated rings. The van der Waals surface area contributed by atoms with Crippen LogP contribution in [0, 0.1) is 0 Å². The lowest BCUT2D eigenvalue weighted by Crippen LogP contribution is -2.19. The molecule has 124 valence electrons. The van der Waals surface area contributed by atoms with Gasteiger partial charge in [0, 0.05) is 6.21 Å². The Hall–Kier alpha value is -2.86. The Morgan fingerprint density at radius 3 is 2.54 bits per heavy atom. The van der Waals surface area contributed by atoms with E-state index in [1.54, 1.807) is 48.7 Å². The highest BCUT2D eigenvalue weighted by molar-refractivity contribution is 6.33. The van der Waals surface area contributed by atoms with Crippen molar-refractivity contribution in [3.63, 3.8) is 0 Å². The Bertz CT molecular complexity index is 773. The number of nitrogens with two attached hydrogens (primary N) is 1. The first-order chi connectivity index (χ1) is 11.5. The second kappa shape index (κ2) is 8.12. The van der Waals surface area contributed by atoms with E-state index in [-0.39, 0.29) is 6.61 Å². The second-order valence-electron chi connectivity index (χ2n) is 4.74. The number of amides is 1. The Labute approximate surface area is 143 Å². The molecule has 0 radical (unpaired) electrons. The van der Waals surface area contributed by atoms with E-state index in [4.69, 9.17) is 22.1 Å². The van der Waals surface area contributed by atoms with E-state index in [1.165, 1.54) is 7.11 Å². The van der Waals surface area contributed by atoms with E-state index in [2.05, 4.69) is 9.73 Å². The smallest absolute Gasteiger partial charge is 0.337 e. The molecule has 0 aliphatic heterocycles. The number of benzene rings is 2. The normalized spacial score (nSPS) is 10.6. The van der Waals surface area contributed by atoms with Crippen LogP contribution in [0.1, 0.15) is 15.9 Å². The van der Waals surface area contributed by atoms with Gasteiger partial charge in [0.2, 0.25) is 0 Å². The van der Waals surface area contributed by atoms with Crippen molar-refractivity contribution < 1.29 is 19.1 Å². The van der Waals surface area contributed by atoms with Crippen molar-refractivity contribution in [3.8, 4) is 5.75 Å². The van der Waals surface area contributed by atoms with E-state index in [9.17, 15) is 9.59 Å². The molecule has 0 spiro atoms. The van der Waals surface area contributed by atoms with Crippen molar-refractivity contribution >= 4 is 35.4 Å². The zero-order chi connectivity index (χ0) is 17.5. The van der Waals surface area contributed by atoms with Gasteiger partial charge in [-0.25, -0.2) is 4.79 Å². The first kappa shape index (κ1) is 17.5. The summed E-state index contributed by atoms with van der Waals surface area (Å²) in [5.74, 6) is -0.475. The summed E-state index contributed by atoms with van der Waals surface area (Å²) in [7, 11) is 1.31. The van der Waals surface area contributed by atoms with Gasteiger partial charge in [0.15, 0.2) is 6.61 Å². The number of hydrogen-bond acceptors (Lipinski definition) is 5. The summed E-state index contributed by atoms with van der Waals surface area (Å²) in [5.41, 5.74) is 6.62. The number of rotatable bonds is 6. The zero-order valence-corrected chi connectivity index (χ0v) is 13.6. The van der Waals surface area contributed by atoms with Crippen LogP contribution in [0.5, 0.6) is 5.75 Å². The van der Waals surface area contributed by atoms with Gasteiger partial charge in [-0.2, -0.15) is 0 Å². The average molecular weight is 347 g/mol. The third kappa shape index (κ3) is 4.82. The highest BCUT2D eigenvalue weighted by Gasteiger charge is 2.08. The first-order valence-corrected chi connectivity index (χ1v) is 7.30. The molecular weight excluding hydrogens is 332 g/mol. The lowest BCUT2D eigenvalue weighted by atomic mass is 10.2. The third-order valence-electron chi connectivity index (χ3n) is 2.98. The van der Waals surface area contributed by atoms with Gasteiger partial charge in [-0.1, -0.05) is 11.6 Å². The maximum atomic E-state index is 11.5.